The molecular weight excluding hydrogens is 325 g/mol. The van der Waals surface area contributed by atoms with E-state index in [1.165, 1.54) is 0 Å². The van der Waals surface area contributed by atoms with E-state index in [1.807, 2.05) is 0 Å². The zero-order valence-electron chi connectivity index (χ0n) is 2.56. The van der Waals surface area contributed by atoms with E-state index < -0.39 is 0 Å². The summed E-state index contributed by atoms with van der Waals surface area (Å²) in [4.78, 5) is 0. The summed E-state index contributed by atoms with van der Waals surface area (Å²) in [6, 6.07) is 0. The predicted molar refractivity (Wildman–Crippen MR) is 16.8 cm³/mol. The third-order valence-corrected chi connectivity index (χ3v) is 0. The molecule has 0 aliphatic rings. The molecule has 0 saturated carbocycles. The van der Waals surface area contributed by atoms with Gasteiger partial charge in [0, 0.05) is 0 Å². The van der Waals surface area contributed by atoms with E-state index in [-0.39, 0.29) is 84.7 Å². The molecule has 0 spiro atoms. The molecule has 5 heteroatoms. The summed E-state index contributed by atoms with van der Waals surface area (Å²) < 4.78 is 0. The first kappa shape index (κ1) is 51.2. The van der Waals surface area contributed by atoms with E-state index in [9.17, 15) is 0 Å². The van der Waals surface area contributed by atoms with Crippen LogP contribution in [0.15, 0.2) is 0 Å². The minimum Gasteiger partial charge on any atom is -2.00 e. The van der Waals surface area contributed by atoms with Gasteiger partial charge in [0.05, 0.1) is 0 Å². The fourth-order valence-electron chi connectivity index (χ4n) is 0. The Morgan fingerprint density at radius 1 is 1.00 bits per heavy atom. The Kier molecular flexibility index (Phi) is 325. The van der Waals surface area contributed by atoms with Crippen molar-refractivity contribution >= 4 is 37.4 Å². The fraction of sp³-hybridized carbons (Fsp3) is 0. The minimum atomic E-state index is 0. The van der Waals surface area contributed by atoms with Gasteiger partial charge in [-0.25, -0.2) is 0 Å². The maximum Gasteiger partial charge on any atom is 5.00 e. The van der Waals surface area contributed by atoms with Gasteiger partial charge in [-0.05, 0) is 0 Å². The largest absolute Gasteiger partial charge is 5.00 e. The summed E-state index contributed by atoms with van der Waals surface area (Å²) in [6.45, 7) is 0. The fourth-order valence-corrected chi connectivity index (χ4v) is 0. The normalized spacial score (nSPS) is 0. The van der Waals surface area contributed by atoms with Gasteiger partial charge in [-0.15, -0.1) is 0 Å². The summed E-state index contributed by atoms with van der Waals surface area (Å²) in [5.41, 5.74) is 0. The standard InChI is InChI=1S/Nb.O.H2S.Sn.Zn/h;;1H2;;/q+5;-2;;+4;+2. The van der Waals surface area contributed by atoms with Crippen molar-refractivity contribution in [2.45, 2.75) is 0 Å². The summed E-state index contributed by atoms with van der Waals surface area (Å²) in [6.07, 6.45) is 0. The molecule has 0 aromatic rings. The quantitative estimate of drug-likeness (QED) is 0.542. The summed E-state index contributed by atoms with van der Waals surface area (Å²) >= 11 is 0. The van der Waals surface area contributed by atoms with Crippen molar-refractivity contribution in [1.29, 1.82) is 0 Å². The van der Waals surface area contributed by atoms with Crippen LogP contribution in [0.2, 0.25) is 0 Å². The van der Waals surface area contributed by atoms with Crippen LogP contribution in [-0.2, 0) is 47.3 Å². The van der Waals surface area contributed by atoms with E-state index >= 15 is 0 Å². The molecule has 0 aromatic carbocycles. The second-order valence-corrected chi connectivity index (χ2v) is 0. The van der Waals surface area contributed by atoms with E-state index in [0.29, 0.717) is 0 Å². The third kappa shape index (κ3) is 21.2. The second kappa shape index (κ2) is 31.7. The van der Waals surface area contributed by atoms with Crippen LogP contribution in [0.4, 0.5) is 0 Å². The van der Waals surface area contributed by atoms with Gasteiger partial charge in [0.2, 0.25) is 0 Å². The Balaban J connectivity index is 0. The molecule has 0 aliphatic carbocycles. The van der Waals surface area contributed by atoms with E-state index in [4.69, 9.17) is 0 Å². The molecule has 0 saturated heterocycles. The van der Waals surface area contributed by atoms with Crippen LogP contribution in [-0.4, -0.2) is 23.9 Å². The molecule has 1 nitrogen and oxygen atoms in total. The Morgan fingerprint density at radius 2 is 1.00 bits per heavy atom. The van der Waals surface area contributed by atoms with Crippen molar-refractivity contribution in [1.82, 2.24) is 0 Å². The van der Waals surface area contributed by atoms with Crippen molar-refractivity contribution < 1.29 is 47.3 Å². The summed E-state index contributed by atoms with van der Waals surface area (Å²) in [7, 11) is 0. The van der Waals surface area contributed by atoms with E-state index in [2.05, 4.69) is 0 Å². The molecule has 0 aromatic heterocycles. The van der Waals surface area contributed by atoms with Crippen LogP contribution in [0.25, 0.3) is 0 Å². The van der Waals surface area contributed by atoms with Gasteiger partial charge in [-0.2, -0.15) is 13.5 Å². The molecule has 0 aliphatic heterocycles. The smallest absolute Gasteiger partial charge is 2.00 e. The van der Waals surface area contributed by atoms with Gasteiger partial charge in [-0.3, -0.25) is 0 Å². The Labute approximate surface area is 83.6 Å². The average molecular weight is 327 g/mol. The molecule has 0 radical (unpaired) electrons. The topological polar surface area (TPSA) is 28.5 Å². The van der Waals surface area contributed by atoms with Gasteiger partial charge in [0.1, 0.15) is 0 Å². The van der Waals surface area contributed by atoms with Gasteiger partial charge in [-0.1, -0.05) is 0 Å². The van der Waals surface area contributed by atoms with Gasteiger partial charge >= 0.3 is 65.8 Å². The minimum absolute atomic E-state index is 0. The first-order valence-corrected chi connectivity index (χ1v) is 0. The maximum absolute atomic E-state index is 0. The van der Waals surface area contributed by atoms with Crippen molar-refractivity contribution in [2.24, 2.45) is 0 Å². The maximum atomic E-state index is 0. The molecule has 0 atom stereocenters. The molecule has 16 valence electrons. The van der Waals surface area contributed by atoms with Crippen LogP contribution in [0, 0.1) is 0 Å². The number of hydrogen-bond acceptors (Lipinski definition) is 0. The second-order valence-electron chi connectivity index (χ2n) is 0. The third-order valence-electron chi connectivity index (χ3n) is 0. The van der Waals surface area contributed by atoms with Crippen LogP contribution < -0.4 is 0 Å². The first-order valence-electron chi connectivity index (χ1n) is 0. The zero-order valence-corrected chi connectivity index (χ0v) is 11.6. The van der Waals surface area contributed by atoms with Crippen LogP contribution in [0.3, 0.4) is 0 Å². The number of rotatable bonds is 0. The Morgan fingerprint density at radius 3 is 1.00 bits per heavy atom. The molecule has 0 heterocycles. The van der Waals surface area contributed by atoms with Crippen LogP contribution in [0.1, 0.15) is 0 Å². The van der Waals surface area contributed by atoms with Crippen molar-refractivity contribution in [2.75, 3.05) is 0 Å². The number of hydrogen-bond donors (Lipinski definition) is 0. The van der Waals surface area contributed by atoms with E-state index in [0.717, 1.165) is 0 Å². The van der Waals surface area contributed by atoms with Crippen molar-refractivity contribution in [3.63, 3.8) is 0 Å². The van der Waals surface area contributed by atoms with Crippen LogP contribution >= 0.6 is 13.5 Å². The molecule has 0 rings (SSSR count). The van der Waals surface area contributed by atoms with E-state index in [1.54, 1.807) is 0 Å². The summed E-state index contributed by atoms with van der Waals surface area (Å²) in [5, 5.41) is 0. The molecule has 5 heavy (non-hydrogen) atoms. The Hall–Kier alpha value is 2.47. The van der Waals surface area contributed by atoms with Gasteiger partial charge in [0.25, 0.3) is 0 Å². The zero-order chi connectivity index (χ0) is 0. The Bertz CT molecular complexity index is 11.6. The van der Waals surface area contributed by atoms with Gasteiger partial charge < -0.3 is 5.48 Å². The molecule has 0 unspecified atom stereocenters. The first-order chi connectivity index (χ1) is 0. The van der Waals surface area contributed by atoms with Crippen LogP contribution in [0.5, 0.6) is 0 Å². The van der Waals surface area contributed by atoms with Crippen molar-refractivity contribution in [3.8, 4) is 0 Å². The molecule has 0 amide bonds. The van der Waals surface area contributed by atoms with Crippen molar-refractivity contribution in [3.05, 3.63) is 0 Å². The summed E-state index contributed by atoms with van der Waals surface area (Å²) in [5.74, 6) is 0. The molecule has 0 fully saturated rings. The SMILES string of the molecule is S.[Nb+5].[O-2].[Sn+4].[Zn+2]. The monoisotopic (exact) mass is 327 g/mol. The average Bonchev–Trinajstić information content (AvgIpc) is 0. The molecule has 0 N–H and O–H groups in total. The molecule has 0 bridgehead atoms. The predicted octanol–water partition coefficient (Wildman–Crippen LogP) is -0.392. The molecular formula is H2NbOSSnZn+9. The van der Waals surface area contributed by atoms with Gasteiger partial charge in [0.15, 0.2) is 0 Å².